The maximum absolute atomic E-state index is 6.36. The highest BCUT2D eigenvalue weighted by Crippen LogP contribution is 2.69. The van der Waals surface area contributed by atoms with Gasteiger partial charge in [0, 0.05) is 60.6 Å². The lowest BCUT2D eigenvalue weighted by Gasteiger charge is -2.53. The molecular formula is C139H102BrN5. The molecule has 2 atom stereocenters. The van der Waals surface area contributed by atoms with Crippen molar-refractivity contribution in [1.82, 2.24) is 0 Å². The van der Waals surface area contributed by atoms with Crippen molar-refractivity contribution in [3.05, 3.63) is 610 Å². The van der Waals surface area contributed by atoms with Gasteiger partial charge in [-0.15, -0.1) is 0 Å². The van der Waals surface area contributed by atoms with E-state index in [0.29, 0.717) is 0 Å². The number of rotatable bonds is 15. The molecule has 0 aliphatic carbocycles. The Morgan fingerprint density at radius 2 is 0.366 bits per heavy atom. The first-order valence-corrected chi connectivity index (χ1v) is 51.1. The number of benzene rings is 22. The molecule has 0 fully saturated rings. The van der Waals surface area contributed by atoms with Crippen molar-refractivity contribution in [1.29, 1.82) is 0 Å². The second-order valence-corrected chi connectivity index (χ2v) is 39.1. The van der Waals surface area contributed by atoms with Gasteiger partial charge in [0.2, 0.25) is 0 Å². The highest BCUT2D eigenvalue weighted by Gasteiger charge is 2.50. The Kier molecular flexibility index (Phi) is 23.7. The molecule has 5 nitrogen and oxygen atoms in total. The van der Waals surface area contributed by atoms with Crippen molar-refractivity contribution < 1.29 is 0 Å². The molecule has 690 valence electrons. The van der Waals surface area contributed by atoms with Gasteiger partial charge in [0.1, 0.15) is 0 Å². The van der Waals surface area contributed by atoms with E-state index in [1.165, 1.54) is 212 Å². The highest BCUT2D eigenvalue weighted by molar-refractivity contribution is 9.10. The summed E-state index contributed by atoms with van der Waals surface area (Å²) < 4.78 is 1.14. The molecule has 0 amide bonds. The fraction of sp³-hybridized carbons (Fsp3) is 0.0504. The van der Waals surface area contributed by atoms with Crippen LogP contribution in [0.15, 0.2) is 532 Å². The van der Waals surface area contributed by atoms with Gasteiger partial charge < -0.3 is 26.2 Å². The van der Waals surface area contributed by atoms with Crippen LogP contribution in [0.25, 0.3) is 122 Å². The molecule has 4 N–H and O–H groups in total. The number of halogens is 1. The molecule has 22 aromatic carbocycles. The largest absolute Gasteiger partial charge is 0.398 e. The van der Waals surface area contributed by atoms with E-state index in [4.69, 9.17) is 11.5 Å². The van der Waals surface area contributed by atoms with Gasteiger partial charge in [0.15, 0.2) is 0 Å². The van der Waals surface area contributed by atoms with Gasteiger partial charge in [-0.1, -0.05) is 489 Å². The summed E-state index contributed by atoms with van der Waals surface area (Å²) in [4.78, 5) is 7.95. The number of nitrogen functional groups attached to an aromatic ring is 2. The van der Waals surface area contributed by atoms with E-state index < -0.39 is 0 Å². The predicted octanol–water partition coefficient (Wildman–Crippen LogP) is 36.0. The maximum Gasteiger partial charge on any atom is 0.0857 e. The Bertz CT molecular complexity index is 7960. The fourth-order valence-electron chi connectivity index (χ4n) is 24.0. The minimum absolute atomic E-state index is 0.0377. The Morgan fingerprint density at radius 3 is 0.717 bits per heavy atom. The highest BCUT2D eigenvalue weighted by atomic mass is 79.9. The number of hydrogen-bond donors (Lipinski definition) is 2. The summed E-state index contributed by atoms with van der Waals surface area (Å²) >= 11 is 3.53. The monoisotopic (exact) mass is 1920 g/mol. The lowest BCUT2D eigenvalue weighted by Crippen LogP contribution is -2.40. The third kappa shape index (κ3) is 16.2. The maximum atomic E-state index is 6.36. The van der Waals surface area contributed by atoms with Crippen molar-refractivity contribution in [3.8, 4) is 122 Å². The van der Waals surface area contributed by atoms with Gasteiger partial charge in [0.05, 0.1) is 40.9 Å². The Balaban J connectivity index is 0.000000111. The van der Waals surface area contributed by atoms with Crippen molar-refractivity contribution in [2.24, 2.45) is 0 Å². The smallest absolute Gasteiger partial charge is 0.0857 e. The summed E-state index contributed by atoms with van der Waals surface area (Å²) in [5.41, 5.74) is 68.7. The summed E-state index contributed by atoms with van der Waals surface area (Å²) in [5, 5.41) is 0. The topological polar surface area (TPSA) is 61.8 Å². The number of anilines is 8. The Labute approximate surface area is 857 Å². The third-order valence-corrected chi connectivity index (χ3v) is 30.7. The molecule has 0 radical (unpaired) electrons. The number of nitrogens with zero attached hydrogens (tertiary/aromatic N) is 3. The van der Waals surface area contributed by atoms with Crippen molar-refractivity contribution >= 4 is 61.4 Å². The standard InChI is InChI=1S/C51H31N3.C51H40.C25H22N2.C12H9Br/c1-3-17-33-29(13-1)31-15-5-7-23-39(31)52-41-25-11-27-43-47(41)45-35(49(33)52)19-9-21-37(45)51-38-22-10-20-36-46(38)48-42(26-12-28-44(48)54(43)51)53-40-24-8-6-16-32(40)30-14-2-4-18-34(30)50(36)53;1-5-19-38(20-6-1)48-33-15-13-27-42(48)35-44-29-17-31-46(50(44)40-23-9-3-10-24-40)37-47-32-18-30-45(51(47)41-25-11-4-12-26-41)36-43-28-14-16-34-49(43)39-21-7-2-8-22-39;26-22-15-7-13-20(24(22)18-9-3-1-4-10-18)17-21-14-8-16-23(27)25(21)19-11-5-2-6-12-19;13-12-9-5-4-8-11(12)10-6-2-1-3-7-10/h1-28,49-51H;1-34H,35-37H2;1-16H,17,26-27H2;1-9H. The molecule has 0 saturated carbocycles. The molecule has 28 rings (SSSR count). The molecule has 0 bridgehead atoms. The van der Waals surface area contributed by atoms with E-state index in [0.717, 1.165) is 63.8 Å². The van der Waals surface area contributed by atoms with Gasteiger partial charge >= 0.3 is 0 Å². The van der Waals surface area contributed by atoms with Crippen molar-refractivity contribution in [2.75, 3.05) is 26.2 Å². The lowest BCUT2D eigenvalue weighted by molar-refractivity contribution is 0.748. The first-order valence-electron chi connectivity index (χ1n) is 50.3. The summed E-state index contributed by atoms with van der Waals surface area (Å²) in [6, 6.07) is 191. The summed E-state index contributed by atoms with van der Waals surface area (Å²) in [6.45, 7) is 0. The number of hydrogen-bond acceptors (Lipinski definition) is 5. The van der Waals surface area contributed by atoms with Crippen LogP contribution in [-0.4, -0.2) is 0 Å². The minimum Gasteiger partial charge on any atom is -0.398 e. The molecule has 6 aliphatic heterocycles. The van der Waals surface area contributed by atoms with E-state index in [1.54, 1.807) is 0 Å². The van der Waals surface area contributed by atoms with Crippen LogP contribution in [-0.2, 0) is 25.7 Å². The summed E-state index contributed by atoms with van der Waals surface area (Å²) in [5.74, 6) is 0. The van der Waals surface area contributed by atoms with E-state index in [2.05, 4.69) is 480 Å². The molecule has 22 aromatic rings. The molecular weight excluding hydrogens is 1820 g/mol. The molecule has 0 aromatic heterocycles. The zero-order valence-electron chi connectivity index (χ0n) is 80.2. The Morgan fingerprint density at radius 1 is 0.152 bits per heavy atom. The molecule has 6 heteroatoms. The molecule has 0 spiro atoms. The lowest BCUT2D eigenvalue weighted by atomic mass is 9.69. The predicted molar refractivity (Wildman–Crippen MR) is 610 cm³/mol. The average molecular weight is 1920 g/mol. The van der Waals surface area contributed by atoms with E-state index >= 15 is 0 Å². The van der Waals surface area contributed by atoms with Crippen molar-refractivity contribution in [3.63, 3.8) is 0 Å². The SMILES string of the molecule is Brc1ccccc1-c1ccccc1.Nc1cccc(Cc2cccc(N)c2-c2ccccc2)c1-c1ccccc1.c1ccc(-c2ccccc2Cc2cccc(Cc3cccc(Cc4ccccc4-c4ccccc4)c3-c3ccccc3)c2-c2ccccc2)cc1.c1ccc2c(c1)-c1ccccc1N1c3cccc4c3-c3c(cccc3C3c5cccc6c5-c5c(cccc5N43)N3c4ccccc4-c4ccccc4C63)C21. The van der Waals surface area contributed by atoms with Crippen LogP contribution in [0.4, 0.5) is 45.5 Å². The van der Waals surface area contributed by atoms with Crippen LogP contribution < -0.4 is 26.2 Å². The van der Waals surface area contributed by atoms with Gasteiger partial charge in [-0.2, -0.15) is 0 Å². The number of fused-ring (bicyclic) bond motifs is 21. The molecule has 145 heavy (non-hydrogen) atoms. The van der Waals surface area contributed by atoms with Gasteiger partial charge in [-0.05, 0) is 247 Å². The average Bonchev–Trinajstić information content (AvgIpc) is 0.666. The summed E-state index contributed by atoms with van der Waals surface area (Å²) in [6.07, 6.45) is 3.30. The number of nitrogens with two attached hydrogens (primary N) is 2. The van der Waals surface area contributed by atoms with E-state index in [-0.39, 0.29) is 18.1 Å². The van der Waals surface area contributed by atoms with Crippen molar-refractivity contribution in [2.45, 2.75) is 43.8 Å². The van der Waals surface area contributed by atoms with E-state index in [9.17, 15) is 0 Å². The quantitative estimate of drug-likeness (QED) is 0.100. The molecule has 2 unspecified atom stereocenters. The molecule has 0 saturated heterocycles. The minimum atomic E-state index is 0.0377. The second-order valence-electron chi connectivity index (χ2n) is 38.2. The zero-order valence-corrected chi connectivity index (χ0v) is 81.8. The number of para-hydroxylation sites is 2. The molecule has 6 heterocycles. The Hall–Kier alpha value is -17.7. The van der Waals surface area contributed by atoms with Gasteiger partial charge in [-0.25, -0.2) is 0 Å². The van der Waals surface area contributed by atoms with Crippen LogP contribution in [0.5, 0.6) is 0 Å². The normalized spacial score (nSPS) is 13.7. The first kappa shape index (κ1) is 88.7. The zero-order chi connectivity index (χ0) is 96.8. The second kappa shape index (κ2) is 38.7. The van der Waals surface area contributed by atoms with Gasteiger partial charge in [0.25, 0.3) is 0 Å². The summed E-state index contributed by atoms with van der Waals surface area (Å²) in [7, 11) is 0. The third-order valence-electron chi connectivity index (χ3n) is 30.0. The van der Waals surface area contributed by atoms with Crippen LogP contribution in [0.3, 0.4) is 0 Å². The van der Waals surface area contributed by atoms with Crippen LogP contribution in [0, 0.1) is 0 Å². The molecule has 6 aliphatic rings. The van der Waals surface area contributed by atoms with Crippen LogP contribution in [0.2, 0.25) is 0 Å². The van der Waals surface area contributed by atoms with Gasteiger partial charge in [-0.3, -0.25) is 0 Å². The van der Waals surface area contributed by atoms with Crippen LogP contribution in [0.1, 0.15) is 96.0 Å². The first-order chi connectivity index (χ1) is 71.8. The van der Waals surface area contributed by atoms with Crippen LogP contribution >= 0.6 is 15.9 Å². The fourth-order valence-corrected chi connectivity index (χ4v) is 24.5. The van der Waals surface area contributed by atoms with E-state index in [1.807, 2.05) is 78.9 Å².